The van der Waals surface area contributed by atoms with Gasteiger partial charge in [-0.3, -0.25) is 0 Å². The lowest BCUT2D eigenvalue weighted by Gasteiger charge is -2.15. The predicted octanol–water partition coefficient (Wildman–Crippen LogP) is 1.82. The van der Waals surface area contributed by atoms with E-state index in [2.05, 4.69) is 4.72 Å². The zero-order chi connectivity index (χ0) is 20.0. The second kappa shape index (κ2) is 8.83. The molecular formula is C18H24N2O6S. The Kier molecular flexibility index (Phi) is 6.75. The Balaban J connectivity index is 2.17. The van der Waals surface area contributed by atoms with Gasteiger partial charge in [0.05, 0.1) is 39.0 Å². The standard InChI is InChI=1S/C18H24N2O6S/c1-23-12-9-17(25-3)14(18(10-12)26-4)7-8-20-27(21,22)13-5-6-16(24-2)15(19)11-13/h5-6,9-11,20H,7-8,19H2,1-4H3. The van der Waals surface area contributed by atoms with Crippen LogP contribution in [0.3, 0.4) is 0 Å². The van der Waals surface area contributed by atoms with Crippen molar-refractivity contribution in [3.63, 3.8) is 0 Å². The molecule has 0 aliphatic heterocycles. The molecule has 2 aromatic rings. The average molecular weight is 396 g/mol. The van der Waals surface area contributed by atoms with Crippen molar-refractivity contribution in [1.82, 2.24) is 4.72 Å². The minimum absolute atomic E-state index is 0.0643. The molecule has 0 fully saturated rings. The maximum Gasteiger partial charge on any atom is 0.240 e. The highest BCUT2D eigenvalue weighted by Crippen LogP contribution is 2.34. The van der Waals surface area contributed by atoms with Gasteiger partial charge in [0.25, 0.3) is 0 Å². The van der Waals surface area contributed by atoms with Gasteiger partial charge in [-0.05, 0) is 24.6 Å². The molecule has 9 heteroatoms. The van der Waals surface area contributed by atoms with Crippen molar-refractivity contribution in [1.29, 1.82) is 0 Å². The van der Waals surface area contributed by atoms with Gasteiger partial charge >= 0.3 is 0 Å². The third-order valence-electron chi connectivity index (χ3n) is 4.00. The number of methoxy groups -OCH3 is 4. The highest BCUT2D eigenvalue weighted by molar-refractivity contribution is 7.89. The molecule has 0 aromatic heterocycles. The first kappa shape index (κ1) is 20.7. The maximum absolute atomic E-state index is 12.5. The van der Waals surface area contributed by atoms with Gasteiger partial charge in [0.2, 0.25) is 10.0 Å². The van der Waals surface area contributed by atoms with Crippen molar-refractivity contribution in [2.75, 3.05) is 40.7 Å². The fraction of sp³-hybridized carbons (Fsp3) is 0.333. The van der Waals surface area contributed by atoms with Crippen molar-refractivity contribution in [3.8, 4) is 23.0 Å². The summed E-state index contributed by atoms with van der Waals surface area (Å²) in [4.78, 5) is 0.0643. The Hall–Kier alpha value is -2.65. The summed E-state index contributed by atoms with van der Waals surface area (Å²) in [7, 11) is 2.35. The van der Waals surface area contributed by atoms with Crippen molar-refractivity contribution in [2.45, 2.75) is 11.3 Å². The van der Waals surface area contributed by atoms with E-state index in [9.17, 15) is 8.42 Å². The summed E-state index contributed by atoms with van der Waals surface area (Å²) >= 11 is 0. The van der Waals surface area contributed by atoms with Gasteiger partial charge in [0.15, 0.2) is 0 Å². The van der Waals surface area contributed by atoms with E-state index in [1.54, 1.807) is 19.2 Å². The van der Waals surface area contributed by atoms with Gasteiger partial charge < -0.3 is 24.7 Å². The topological polar surface area (TPSA) is 109 Å². The summed E-state index contributed by atoms with van der Waals surface area (Å²) in [5.74, 6) is 2.11. The number of sulfonamides is 1. The van der Waals surface area contributed by atoms with E-state index in [4.69, 9.17) is 24.7 Å². The van der Waals surface area contributed by atoms with Crippen LogP contribution in [0.1, 0.15) is 5.56 Å². The monoisotopic (exact) mass is 396 g/mol. The Morgan fingerprint density at radius 2 is 1.48 bits per heavy atom. The van der Waals surface area contributed by atoms with E-state index in [1.165, 1.54) is 39.5 Å². The normalized spacial score (nSPS) is 11.1. The number of nitrogen functional groups attached to an aromatic ring is 1. The second-order valence-electron chi connectivity index (χ2n) is 5.56. The quantitative estimate of drug-likeness (QED) is 0.622. The van der Waals surface area contributed by atoms with E-state index in [-0.39, 0.29) is 17.1 Å². The van der Waals surface area contributed by atoms with Crippen LogP contribution >= 0.6 is 0 Å². The molecule has 148 valence electrons. The Bertz CT molecular complexity index is 874. The maximum atomic E-state index is 12.5. The molecule has 8 nitrogen and oxygen atoms in total. The van der Waals surface area contributed by atoms with Crippen LogP contribution in [0, 0.1) is 0 Å². The predicted molar refractivity (Wildman–Crippen MR) is 102 cm³/mol. The molecule has 0 bridgehead atoms. The molecule has 0 amide bonds. The molecule has 0 aliphatic rings. The smallest absolute Gasteiger partial charge is 0.240 e. The van der Waals surface area contributed by atoms with E-state index in [1.807, 2.05) is 0 Å². The molecular weight excluding hydrogens is 372 g/mol. The van der Waals surface area contributed by atoms with Gasteiger partial charge in [-0.2, -0.15) is 0 Å². The molecule has 3 N–H and O–H groups in total. The number of benzene rings is 2. The van der Waals surface area contributed by atoms with Crippen molar-refractivity contribution in [3.05, 3.63) is 35.9 Å². The highest BCUT2D eigenvalue weighted by Gasteiger charge is 2.18. The van der Waals surface area contributed by atoms with Crippen molar-refractivity contribution >= 4 is 15.7 Å². The number of hydrogen-bond acceptors (Lipinski definition) is 7. The molecule has 27 heavy (non-hydrogen) atoms. The molecule has 0 saturated carbocycles. The summed E-state index contributed by atoms with van der Waals surface area (Å²) in [5.41, 5.74) is 6.77. The van der Waals surface area contributed by atoms with Crippen LogP contribution in [0.5, 0.6) is 23.0 Å². The van der Waals surface area contributed by atoms with Crippen molar-refractivity contribution in [2.24, 2.45) is 0 Å². The third kappa shape index (κ3) is 4.75. The van der Waals surface area contributed by atoms with Gasteiger partial charge in [0, 0.05) is 24.2 Å². The highest BCUT2D eigenvalue weighted by atomic mass is 32.2. The fourth-order valence-electron chi connectivity index (χ4n) is 2.60. The first-order valence-corrected chi connectivity index (χ1v) is 9.56. The summed E-state index contributed by atoms with van der Waals surface area (Å²) in [5, 5.41) is 0. The van der Waals surface area contributed by atoms with Crippen molar-refractivity contribution < 1.29 is 27.4 Å². The first-order valence-electron chi connectivity index (χ1n) is 8.08. The number of ether oxygens (including phenoxy) is 4. The summed E-state index contributed by atoms with van der Waals surface area (Å²) in [6, 6.07) is 7.74. The zero-order valence-corrected chi connectivity index (χ0v) is 16.6. The largest absolute Gasteiger partial charge is 0.496 e. The molecule has 0 aliphatic carbocycles. The lowest BCUT2D eigenvalue weighted by Crippen LogP contribution is -2.26. The number of rotatable bonds is 9. The second-order valence-corrected chi connectivity index (χ2v) is 7.33. The SMILES string of the molecule is COc1cc(OC)c(CCNS(=O)(=O)c2ccc(OC)c(N)c2)c(OC)c1. The summed E-state index contributed by atoms with van der Waals surface area (Å²) < 4.78 is 48.5. The van der Waals surface area contributed by atoms with Gasteiger partial charge in [-0.1, -0.05) is 0 Å². The van der Waals surface area contributed by atoms with Crippen LogP contribution in [0.25, 0.3) is 0 Å². The fourth-order valence-corrected chi connectivity index (χ4v) is 3.66. The molecule has 0 atom stereocenters. The lowest BCUT2D eigenvalue weighted by molar-refractivity contribution is 0.368. The minimum atomic E-state index is -3.72. The number of nitrogens with one attached hydrogen (secondary N) is 1. The number of anilines is 1. The van der Waals surface area contributed by atoms with E-state index in [0.29, 0.717) is 29.4 Å². The van der Waals surface area contributed by atoms with E-state index < -0.39 is 10.0 Å². The minimum Gasteiger partial charge on any atom is -0.496 e. The molecule has 2 aromatic carbocycles. The van der Waals surface area contributed by atoms with Crippen LogP contribution in [-0.4, -0.2) is 43.4 Å². The van der Waals surface area contributed by atoms with Crippen LogP contribution in [-0.2, 0) is 16.4 Å². The number of hydrogen-bond donors (Lipinski definition) is 2. The van der Waals surface area contributed by atoms with Crippen LogP contribution in [0.4, 0.5) is 5.69 Å². The molecule has 0 saturated heterocycles. The Morgan fingerprint density at radius 3 is 1.96 bits per heavy atom. The summed E-state index contributed by atoms with van der Waals surface area (Å²) in [6.07, 6.45) is 0.362. The zero-order valence-electron chi connectivity index (χ0n) is 15.7. The average Bonchev–Trinajstić information content (AvgIpc) is 2.67. The van der Waals surface area contributed by atoms with E-state index >= 15 is 0 Å². The first-order chi connectivity index (χ1) is 12.9. The van der Waals surface area contributed by atoms with Gasteiger partial charge in [-0.15, -0.1) is 0 Å². The molecule has 0 spiro atoms. The van der Waals surface area contributed by atoms with Crippen LogP contribution in [0.2, 0.25) is 0 Å². The van der Waals surface area contributed by atoms with Crippen LogP contribution in [0.15, 0.2) is 35.2 Å². The third-order valence-corrected chi connectivity index (χ3v) is 5.45. The molecule has 2 rings (SSSR count). The lowest BCUT2D eigenvalue weighted by atomic mass is 10.1. The Labute approximate surface area is 159 Å². The van der Waals surface area contributed by atoms with Gasteiger partial charge in [-0.25, -0.2) is 13.1 Å². The summed E-state index contributed by atoms with van der Waals surface area (Å²) in [6.45, 7) is 0.146. The van der Waals surface area contributed by atoms with Crippen LogP contribution < -0.4 is 29.4 Å². The molecule has 0 radical (unpaired) electrons. The van der Waals surface area contributed by atoms with E-state index in [0.717, 1.165) is 5.56 Å². The van der Waals surface area contributed by atoms with Gasteiger partial charge in [0.1, 0.15) is 23.0 Å². The molecule has 0 unspecified atom stereocenters. The molecule has 0 heterocycles. The number of nitrogens with two attached hydrogens (primary N) is 1. The Morgan fingerprint density at radius 1 is 0.889 bits per heavy atom.